The Hall–Kier alpha value is -1.77. The first kappa shape index (κ1) is 14.6. The summed E-state index contributed by atoms with van der Waals surface area (Å²) >= 11 is 0. The standard InChI is InChI=1S/C17H22O3/c1-6-12-10-17(4,5)20-16-9-15(19-7-2)13(11(3)18)8-14(12)16/h8-10H,6-7H2,1-5H3. The molecule has 0 bridgehead atoms. The third kappa shape index (κ3) is 2.72. The normalized spacial score (nSPS) is 15.9. The van der Waals surface area contributed by atoms with E-state index in [2.05, 4.69) is 13.0 Å². The van der Waals surface area contributed by atoms with Crippen LogP contribution in [0.15, 0.2) is 18.2 Å². The number of carbonyl (C=O) groups excluding carboxylic acids is 1. The Morgan fingerprint density at radius 3 is 2.55 bits per heavy atom. The Labute approximate surface area is 120 Å². The molecule has 0 fully saturated rings. The Kier molecular flexibility index (Phi) is 3.89. The van der Waals surface area contributed by atoms with Crippen molar-refractivity contribution < 1.29 is 14.3 Å². The van der Waals surface area contributed by atoms with E-state index in [0.717, 1.165) is 17.7 Å². The van der Waals surface area contributed by atoms with Gasteiger partial charge in [-0.05, 0) is 51.8 Å². The first-order chi connectivity index (χ1) is 9.38. The van der Waals surface area contributed by atoms with Crippen LogP contribution < -0.4 is 9.47 Å². The van der Waals surface area contributed by atoms with Crippen LogP contribution in [0.4, 0.5) is 0 Å². The van der Waals surface area contributed by atoms with Gasteiger partial charge in [0.25, 0.3) is 0 Å². The summed E-state index contributed by atoms with van der Waals surface area (Å²) in [7, 11) is 0. The van der Waals surface area contributed by atoms with E-state index in [4.69, 9.17) is 9.47 Å². The molecule has 0 amide bonds. The second kappa shape index (κ2) is 5.31. The fourth-order valence-corrected chi connectivity index (χ4v) is 2.55. The summed E-state index contributed by atoms with van der Waals surface area (Å²) in [4.78, 5) is 11.8. The van der Waals surface area contributed by atoms with Crippen LogP contribution in [0.1, 0.15) is 57.0 Å². The van der Waals surface area contributed by atoms with Gasteiger partial charge in [-0.2, -0.15) is 0 Å². The molecule has 20 heavy (non-hydrogen) atoms. The minimum Gasteiger partial charge on any atom is -0.493 e. The van der Waals surface area contributed by atoms with Crippen LogP contribution >= 0.6 is 0 Å². The predicted octanol–water partition coefficient (Wildman–Crippen LogP) is 4.25. The third-order valence-corrected chi connectivity index (χ3v) is 3.38. The molecule has 3 heteroatoms. The maximum Gasteiger partial charge on any atom is 0.163 e. The Morgan fingerprint density at radius 1 is 1.30 bits per heavy atom. The zero-order chi connectivity index (χ0) is 14.9. The molecule has 1 aliphatic rings. The number of ketones is 1. The van der Waals surface area contributed by atoms with Crippen molar-refractivity contribution in [3.63, 3.8) is 0 Å². The van der Waals surface area contributed by atoms with Gasteiger partial charge in [-0.15, -0.1) is 0 Å². The fourth-order valence-electron chi connectivity index (χ4n) is 2.55. The number of rotatable bonds is 4. The van der Waals surface area contributed by atoms with Gasteiger partial charge in [0, 0.05) is 11.6 Å². The highest BCUT2D eigenvalue weighted by molar-refractivity contribution is 5.98. The molecule has 0 saturated heterocycles. The molecule has 0 spiro atoms. The number of hydrogen-bond donors (Lipinski definition) is 0. The van der Waals surface area contributed by atoms with Gasteiger partial charge < -0.3 is 9.47 Å². The number of allylic oxidation sites excluding steroid dienone is 1. The highest BCUT2D eigenvalue weighted by Gasteiger charge is 2.27. The lowest BCUT2D eigenvalue weighted by Gasteiger charge is -2.31. The van der Waals surface area contributed by atoms with Gasteiger partial charge in [0.15, 0.2) is 5.78 Å². The number of carbonyl (C=O) groups is 1. The molecule has 0 atom stereocenters. The van der Waals surface area contributed by atoms with Crippen molar-refractivity contribution in [1.82, 2.24) is 0 Å². The van der Waals surface area contributed by atoms with Crippen LogP contribution in [0.5, 0.6) is 11.5 Å². The number of benzene rings is 1. The van der Waals surface area contributed by atoms with Crippen LogP contribution in [0.25, 0.3) is 5.57 Å². The molecule has 108 valence electrons. The van der Waals surface area contributed by atoms with E-state index in [9.17, 15) is 4.79 Å². The lowest BCUT2D eigenvalue weighted by molar-refractivity contribution is 0.101. The highest BCUT2D eigenvalue weighted by Crippen LogP contribution is 2.41. The summed E-state index contributed by atoms with van der Waals surface area (Å²) in [6, 6.07) is 3.74. The molecule has 1 aromatic carbocycles. The second-order valence-electron chi connectivity index (χ2n) is 5.56. The van der Waals surface area contributed by atoms with E-state index < -0.39 is 0 Å². The largest absolute Gasteiger partial charge is 0.493 e. The van der Waals surface area contributed by atoms with Gasteiger partial charge >= 0.3 is 0 Å². The molecule has 0 aromatic heterocycles. The van der Waals surface area contributed by atoms with Crippen LogP contribution in [0.2, 0.25) is 0 Å². The van der Waals surface area contributed by atoms with E-state index in [1.807, 2.05) is 32.9 Å². The van der Waals surface area contributed by atoms with Crippen LogP contribution in [-0.2, 0) is 0 Å². The minimum absolute atomic E-state index is 0.0107. The molecule has 1 heterocycles. The van der Waals surface area contributed by atoms with E-state index in [1.54, 1.807) is 6.92 Å². The fraction of sp³-hybridized carbons (Fsp3) is 0.471. The van der Waals surface area contributed by atoms with Crippen molar-refractivity contribution in [2.45, 2.75) is 46.6 Å². The maximum atomic E-state index is 11.8. The van der Waals surface area contributed by atoms with Crippen LogP contribution in [0.3, 0.4) is 0 Å². The number of Topliss-reactive ketones (excluding diaryl/α,β-unsaturated/α-hetero) is 1. The lowest BCUT2D eigenvalue weighted by atomic mass is 9.91. The van der Waals surface area contributed by atoms with Gasteiger partial charge in [0.1, 0.15) is 17.1 Å². The van der Waals surface area contributed by atoms with Gasteiger partial charge in [0.2, 0.25) is 0 Å². The monoisotopic (exact) mass is 274 g/mol. The van der Waals surface area contributed by atoms with Crippen molar-refractivity contribution in [3.05, 3.63) is 29.3 Å². The third-order valence-electron chi connectivity index (χ3n) is 3.38. The molecular weight excluding hydrogens is 252 g/mol. The zero-order valence-corrected chi connectivity index (χ0v) is 12.9. The second-order valence-corrected chi connectivity index (χ2v) is 5.56. The van der Waals surface area contributed by atoms with Gasteiger partial charge in [-0.3, -0.25) is 4.79 Å². The van der Waals surface area contributed by atoms with Crippen molar-refractivity contribution >= 4 is 11.4 Å². The molecular formula is C17H22O3. The number of fused-ring (bicyclic) bond motifs is 1. The SMILES string of the molecule is CCOc1cc2c(cc1C(C)=O)C(CC)=CC(C)(C)O2. The molecule has 0 unspecified atom stereocenters. The summed E-state index contributed by atoms with van der Waals surface area (Å²) in [6.07, 6.45) is 3.03. The van der Waals surface area contributed by atoms with Crippen molar-refractivity contribution in [3.8, 4) is 11.5 Å². The Bertz CT molecular complexity index is 568. The molecule has 2 rings (SSSR count). The summed E-state index contributed by atoms with van der Waals surface area (Å²) < 4.78 is 11.6. The lowest BCUT2D eigenvalue weighted by Crippen LogP contribution is -2.29. The Balaban J connectivity index is 2.61. The van der Waals surface area contributed by atoms with Gasteiger partial charge in [0.05, 0.1) is 12.2 Å². The van der Waals surface area contributed by atoms with E-state index in [1.165, 1.54) is 5.57 Å². The van der Waals surface area contributed by atoms with E-state index >= 15 is 0 Å². The zero-order valence-electron chi connectivity index (χ0n) is 12.9. The quantitative estimate of drug-likeness (QED) is 0.770. The molecule has 1 aliphatic heterocycles. The van der Waals surface area contributed by atoms with Crippen molar-refractivity contribution in [2.75, 3.05) is 6.61 Å². The average molecular weight is 274 g/mol. The van der Waals surface area contributed by atoms with Crippen LogP contribution in [0, 0.1) is 0 Å². The van der Waals surface area contributed by atoms with E-state index in [-0.39, 0.29) is 11.4 Å². The van der Waals surface area contributed by atoms with Gasteiger partial charge in [-0.1, -0.05) is 6.92 Å². The summed E-state index contributed by atoms with van der Waals surface area (Å²) in [5.74, 6) is 1.41. The smallest absolute Gasteiger partial charge is 0.163 e. The molecule has 0 aliphatic carbocycles. The number of ether oxygens (including phenoxy) is 2. The van der Waals surface area contributed by atoms with Crippen LogP contribution in [-0.4, -0.2) is 18.0 Å². The average Bonchev–Trinajstić information content (AvgIpc) is 2.36. The molecule has 0 radical (unpaired) electrons. The van der Waals surface area contributed by atoms with Crippen molar-refractivity contribution in [2.24, 2.45) is 0 Å². The Morgan fingerprint density at radius 2 is 2.00 bits per heavy atom. The molecule has 1 aromatic rings. The first-order valence-corrected chi connectivity index (χ1v) is 7.10. The summed E-state index contributed by atoms with van der Waals surface area (Å²) in [5.41, 5.74) is 2.50. The molecule has 0 saturated carbocycles. The van der Waals surface area contributed by atoms with Crippen molar-refractivity contribution in [1.29, 1.82) is 0 Å². The highest BCUT2D eigenvalue weighted by atomic mass is 16.5. The first-order valence-electron chi connectivity index (χ1n) is 7.10. The van der Waals surface area contributed by atoms with E-state index in [0.29, 0.717) is 17.9 Å². The molecule has 0 N–H and O–H groups in total. The minimum atomic E-state index is -0.334. The molecule has 3 nitrogen and oxygen atoms in total. The maximum absolute atomic E-state index is 11.8. The number of hydrogen-bond acceptors (Lipinski definition) is 3. The topological polar surface area (TPSA) is 35.5 Å². The summed E-state index contributed by atoms with van der Waals surface area (Å²) in [5, 5.41) is 0. The summed E-state index contributed by atoms with van der Waals surface area (Å²) in [6.45, 7) is 10.2. The predicted molar refractivity (Wildman–Crippen MR) is 80.6 cm³/mol. The van der Waals surface area contributed by atoms with Gasteiger partial charge in [-0.25, -0.2) is 0 Å².